The number of fused-ring (bicyclic) bond motifs is 1. The normalized spacial score (nSPS) is 22.3. The second-order valence-corrected chi connectivity index (χ2v) is 5.88. The fourth-order valence-electron chi connectivity index (χ4n) is 3.12. The van der Waals surface area contributed by atoms with E-state index in [0.29, 0.717) is 5.92 Å². The molecule has 0 fully saturated rings. The van der Waals surface area contributed by atoms with Crippen LogP contribution < -0.4 is 0 Å². The number of aliphatic hydroxyl groups is 1. The van der Waals surface area contributed by atoms with Crippen molar-refractivity contribution in [1.29, 1.82) is 0 Å². The van der Waals surface area contributed by atoms with Gasteiger partial charge in [-0.1, -0.05) is 55.5 Å². The van der Waals surface area contributed by atoms with E-state index in [4.69, 9.17) is 4.74 Å². The second kappa shape index (κ2) is 6.42. The van der Waals surface area contributed by atoms with Gasteiger partial charge in [-0.3, -0.25) is 0 Å². The summed E-state index contributed by atoms with van der Waals surface area (Å²) in [7, 11) is 0. The van der Waals surface area contributed by atoms with Crippen LogP contribution in [0.2, 0.25) is 0 Å². The molecule has 0 amide bonds. The number of rotatable bonds is 4. The third-order valence-electron chi connectivity index (χ3n) is 4.21. The van der Waals surface area contributed by atoms with Crippen molar-refractivity contribution in [2.45, 2.75) is 25.9 Å². The van der Waals surface area contributed by atoms with Crippen LogP contribution in [0.25, 0.3) is 10.8 Å². The monoisotopic (exact) mass is 282 g/mol. The Morgan fingerprint density at radius 1 is 1.14 bits per heavy atom. The molecule has 0 aliphatic carbocycles. The van der Waals surface area contributed by atoms with Crippen LogP contribution >= 0.6 is 0 Å². The molecule has 0 saturated carbocycles. The number of aryl methyl sites for hydroxylation is 1. The lowest BCUT2D eigenvalue weighted by molar-refractivity contribution is 0.0381. The van der Waals surface area contributed by atoms with E-state index < -0.39 is 0 Å². The number of hydrogen-bond donors (Lipinski definition) is 1. The fourth-order valence-corrected chi connectivity index (χ4v) is 3.12. The summed E-state index contributed by atoms with van der Waals surface area (Å²) in [5.74, 6) is 0.404. The van der Waals surface area contributed by atoms with Gasteiger partial charge >= 0.3 is 0 Å². The average Bonchev–Trinajstić information content (AvgIpc) is 2.53. The Hall–Kier alpha value is -1.64. The summed E-state index contributed by atoms with van der Waals surface area (Å²) in [6, 6.07) is 14.9. The van der Waals surface area contributed by atoms with Crippen molar-refractivity contribution in [2.75, 3.05) is 13.2 Å². The lowest BCUT2D eigenvalue weighted by Crippen LogP contribution is -2.27. The summed E-state index contributed by atoms with van der Waals surface area (Å²) < 4.78 is 5.90. The Kier molecular flexibility index (Phi) is 4.37. The number of hydrogen-bond acceptors (Lipinski definition) is 2. The summed E-state index contributed by atoms with van der Waals surface area (Å²) in [5.41, 5.74) is 2.39. The first-order valence-electron chi connectivity index (χ1n) is 7.67. The first-order chi connectivity index (χ1) is 10.3. The molecule has 1 aliphatic rings. The Labute approximate surface area is 126 Å². The van der Waals surface area contributed by atoms with Gasteiger partial charge in [0.05, 0.1) is 19.3 Å². The van der Waals surface area contributed by atoms with Crippen LogP contribution in [0.3, 0.4) is 0 Å². The fraction of sp³-hybridized carbons (Fsp3) is 0.368. The minimum Gasteiger partial charge on any atom is -0.392 e. The van der Waals surface area contributed by atoms with E-state index in [2.05, 4.69) is 55.5 Å². The molecule has 2 unspecified atom stereocenters. The van der Waals surface area contributed by atoms with Gasteiger partial charge in [0, 0.05) is 0 Å². The van der Waals surface area contributed by atoms with Gasteiger partial charge < -0.3 is 9.84 Å². The van der Waals surface area contributed by atoms with E-state index in [1.165, 1.54) is 16.3 Å². The Morgan fingerprint density at radius 3 is 2.81 bits per heavy atom. The highest BCUT2D eigenvalue weighted by atomic mass is 16.5. The highest BCUT2D eigenvalue weighted by Gasteiger charge is 2.21. The zero-order valence-electron chi connectivity index (χ0n) is 12.5. The van der Waals surface area contributed by atoms with Gasteiger partial charge in [0.1, 0.15) is 0 Å². The van der Waals surface area contributed by atoms with Crippen LogP contribution in [0.5, 0.6) is 0 Å². The Morgan fingerprint density at radius 2 is 1.95 bits per heavy atom. The maximum absolute atomic E-state index is 9.50. The van der Waals surface area contributed by atoms with Gasteiger partial charge in [0.15, 0.2) is 0 Å². The molecule has 3 rings (SSSR count). The van der Waals surface area contributed by atoms with Crippen molar-refractivity contribution in [3.05, 3.63) is 59.7 Å². The van der Waals surface area contributed by atoms with E-state index in [9.17, 15) is 5.11 Å². The number of aliphatic hydroxyl groups excluding tert-OH is 1. The van der Waals surface area contributed by atoms with Gasteiger partial charge in [-0.15, -0.1) is 0 Å². The highest BCUT2D eigenvalue weighted by Crippen LogP contribution is 2.25. The van der Waals surface area contributed by atoms with Crippen LogP contribution in [0.1, 0.15) is 18.9 Å². The van der Waals surface area contributed by atoms with Crippen molar-refractivity contribution in [1.82, 2.24) is 0 Å². The maximum atomic E-state index is 9.50. The van der Waals surface area contributed by atoms with Crippen LogP contribution in [0.4, 0.5) is 0 Å². The van der Waals surface area contributed by atoms with Crippen molar-refractivity contribution in [2.24, 2.45) is 5.92 Å². The van der Waals surface area contributed by atoms with Gasteiger partial charge in [0.25, 0.3) is 0 Å². The summed E-state index contributed by atoms with van der Waals surface area (Å²) >= 11 is 0. The molecule has 0 aromatic heterocycles. The molecule has 1 N–H and O–H groups in total. The molecular weight excluding hydrogens is 260 g/mol. The quantitative estimate of drug-likeness (QED) is 0.866. The third-order valence-corrected chi connectivity index (χ3v) is 4.21. The molecule has 1 heterocycles. The SMILES string of the molecule is CC1C=C(CO)C(CCc2cccc3ccccc23)OC1. The van der Waals surface area contributed by atoms with Crippen LogP contribution in [-0.4, -0.2) is 24.4 Å². The van der Waals surface area contributed by atoms with Gasteiger partial charge in [-0.2, -0.15) is 0 Å². The minimum atomic E-state index is 0.0603. The molecule has 2 aromatic carbocycles. The summed E-state index contributed by atoms with van der Waals surface area (Å²) in [6.07, 6.45) is 4.12. The molecule has 2 heteroatoms. The minimum absolute atomic E-state index is 0.0603. The molecule has 21 heavy (non-hydrogen) atoms. The summed E-state index contributed by atoms with van der Waals surface area (Å²) in [5, 5.41) is 12.1. The summed E-state index contributed by atoms with van der Waals surface area (Å²) in [4.78, 5) is 0. The summed E-state index contributed by atoms with van der Waals surface area (Å²) in [6.45, 7) is 2.98. The van der Waals surface area contributed by atoms with E-state index in [1.54, 1.807) is 0 Å². The molecule has 110 valence electrons. The first kappa shape index (κ1) is 14.3. The molecule has 2 atom stereocenters. The largest absolute Gasteiger partial charge is 0.392 e. The van der Waals surface area contributed by atoms with Gasteiger partial charge in [-0.05, 0) is 40.7 Å². The average molecular weight is 282 g/mol. The molecule has 0 bridgehead atoms. The molecule has 0 radical (unpaired) electrons. The van der Waals surface area contributed by atoms with E-state index in [-0.39, 0.29) is 12.7 Å². The van der Waals surface area contributed by atoms with E-state index in [0.717, 1.165) is 25.0 Å². The predicted molar refractivity (Wildman–Crippen MR) is 86.3 cm³/mol. The smallest absolute Gasteiger partial charge is 0.0810 e. The molecule has 1 aliphatic heterocycles. The molecule has 2 nitrogen and oxygen atoms in total. The number of benzene rings is 2. The number of ether oxygens (including phenoxy) is 1. The predicted octanol–water partition coefficient (Wildman–Crippen LogP) is 3.73. The maximum Gasteiger partial charge on any atom is 0.0810 e. The van der Waals surface area contributed by atoms with Crippen molar-refractivity contribution >= 4 is 10.8 Å². The van der Waals surface area contributed by atoms with E-state index in [1.807, 2.05) is 0 Å². The van der Waals surface area contributed by atoms with Crippen LogP contribution in [-0.2, 0) is 11.2 Å². The van der Waals surface area contributed by atoms with Crippen molar-refractivity contribution in [3.63, 3.8) is 0 Å². The zero-order valence-corrected chi connectivity index (χ0v) is 12.5. The topological polar surface area (TPSA) is 29.5 Å². The molecule has 0 saturated heterocycles. The van der Waals surface area contributed by atoms with E-state index >= 15 is 0 Å². The molecule has 0 spiro atoms. The lowest BCUT2D eigenvalue weighted by atomic mass is 9.94. The van der Waals surface area contributed by atoms with Crippen molar-refractivity contribution < 1.29 is 9.84 Å². The van der Waals surface area contributed by atoms with Crippen molar-refractivity contribution in [3.8, 4) is 0 Å². The molecular formula is C19H22O2. The van der Waals surface area contributed by atoms with Gasteiger partial charge in [-0.25, -0.2) is 0 Å². The van der Waals surface area contributed by atoms with Crippen LogP contribution in [0.15, 0.2) is 54.1 Å². The third kappa shape index (κ3) is 3.17. The lowest BCUT2D eigenvalue weighted by Gasteiger charge is -2.27. The Bertz CT molecular complexity index is 640. The standard InChI is InChI=1S/C19H22O2/c1-14-11-17(12-20)19(21-13-14)10-9-16-7-4-6-15-5-2-3-8-18(15)16/h2-8,11,14,19-20H,9-10,12-13H2,1H3. The first-order valence-corrected chi connectivity index (χ1v) is 7.67. The van der Waals surface area contributed by atoms with Crippen LogP contribution in [0, 0.1) is 5.92 Å². The highest BCUT2D eigenvalue weighted by molar-refractivity contribution is 5.85. The second-order valence-electron chi connectivity index (χ2n) is 5.88. The zero-order chi connectivity index (χ0) is 14.7. The Balaban J connectivity index is 1.76. The molecule has 2 aromatic rings. The van der Waals surface area contributed by atoms with Gasteiger partial charge in [0.2, 0.25) is 0 Å².